The van der Waals surface area contributed by atoms with Gasteiger partial charge in [0.25, 0.3) is 0 Å². The highest BCUT2D eigenvalue weighted by molar-refractivity contribution is 9.10. The number of hydrogen-bond donors (Lipinski definition) is 1. The van der Waals surface area contributed by atoms with E-state index >= 15 is 0 Å². The number of fused-ring (bicyclic) bond motifs is 1. The summed E-state index contributed by atoms with van der Waals surface area (Å²) in [5.74, 6) is 0. The van der Waals surface area contributed by atoms with Gasteiger partial charge in [0.15, 0.2) is 0 Å². The van der Waals surface area contributed by atoms with E-state index in [4.69, 9.17) is 4.42 Å². The average Bonchev–Trinajstić information content (AvgIpc) is 2.47. The quantitative estimate of drug-likeness (QED) is 0.713. The van der Waals surface area contributed by atoms with Crippen molar-refractivity contribution in [3.05, 3.63) is 74.6 Å². The fraction of sp³-hybridized carbons (Fsp3) is 0.118. The van der Waals surface area contributed by atoms with E-state index in [9.17, 15) is 4.79 Å². The molecule has 0 amide bonds. The first kappa shape index (κ1) is 13.9. The molecule has 0 bridgehead atoms. The predicted octanol–water partition coefficient (Wildman–Crippen LogP) is 4.48. The molecule has 106 valence electrons. The molecular weight excluding hydrogens is 330 g/mol. The topological polar surface area (TPSA) is 42.2 Å². The molecule has 0 aliphatic rings. The summed E-state index contributed by atoms with van der Waals surface area (Å²) in [6, 6.07) is 15.5. The van der Waals surface area contributed by atoms with E-state index in [0.29, 0.717) is 17.8 Å². The summed E-state index contributed by atoms with van der Waals surface area (Å²) in [4.78, 5) is 12.0. The molecule has 4 heteroatoms. The first-order valence-corrected chi connectivity index (χ1v) is 7.44. The van der Waals surface area contributed by atoms with Crippen molar-refractivity contribution in [1.29, 1.82) is 0 Å². The molecule has 3 aromatic rings. The van der Waals surface area contributed by atoms with Crippen molar-refractivity contribution in [2.45, 2.75) is 13.5 Å². The minimum atomic E-state index is -0.349. The van der Waals surface area contributed by atoms with Crippen molar-refractivity contribution in [2.24, 2.45) is 0 Å². The van der Waals surface area contributed by atoms with Gasteiger partial charge in [-0.3, -0.25) is 0 Å². The smallest absolute Gasteiger partial charge is 0.359 e. The van der Waals surface area contributed by atoms with Crippen LogP contribution in [0.3, 0.4) is 0 Å². The van der Waals surface area contributed by atoms with Gasteiger partial charge in [0, 0.05) is 16.4 Å². The van der Waals surface area contributed by atoms with E-state index in [0.717, 1.165) is 21.0 Å². The number of anilines is 1. The molecule has 2 aromatic carbocycles. The van der Waals surface area contributed by atoms with Gasteiger partial charge >= 0.3 is 5.63 Å². The van der Waals surface area contributed by atoms with E-state index in [1.807, 2.05) is 55.5 Å². The standard InChI is InChI=1S/C17H14BrNO2/c1-11-6-7-16-13(8-11)9-15(17(20)21-16)19-10-12-4-2-3-5-14(12)18/h2-9,19H,10H2,1H3. The molecule has 0 aliphatic heterocycles. The fourth-order valence-corrected chi connectivity index (χ4v) is 2.62. The van der Waals surface area contributed by atoms with Crippen LogP contribution in [0.2, 0.25) is 0 Å². The van der Waals surface area contributed by atoms with Crippen LogP contribution in [-0.4, -0.2) is 0 Å². The Bertz CT molecular complexity index is 855. The van der Waals surface area contributed by atoms with Crippen LogP contribution in [0.15, 0.2) is 62.2 Å². The third-order valence-electron chi connectivity index (χ3n) is 3.31. The Balaban J connectivity index is 1.92. The molecule has 1 N–H and O–H groups in total. The normalized spacial score (nSPS) is 10.8. The van der Waals surface area contributed by atoms with Gasteiger partial charge in [-0.05, 0) is 36.8 Å². The maximum absolute atomic E-state index is 12.0. The minimum absolute atomic E-state index is 0.349. The first-order valence-electron chi connectivity index (χ1n) is 6.65. The molecule has 0 saturated heterocycles. The second-order valence-electron chi connectivity index (χ2n) is 4.93. The Labute approximate surface area is 130 Å². The number of rotatable bonds is 3. The summed E-state index contributed by atoms with van der Waals surface area (Å²) in [5.41, 5.74) is 2.95. The minimum Gasteiger partial charge on any atom is -0.421 e. The zero-order chi connectivity index (χ0) is 14.8. The van der Waals surface area contributed by atoms with Crippen molar-refractivity contribution in [3.63, 3.8) is 0 Å². The van der Waals surface area contributed by atoms with Gasteiger partial charge in [-0.1, -0.05) is 45.8 Å². The molecule has 0 unspecified atom stereocenters. The Hall–Kier alpha value is -2.07. The van der Waals surface area contributed by atoms with Crippen molar-refractivity contribution in [1.82, 2.24) is 0 Å². The first-order chi connectivity index (χ1) is 10.1. The fourth-order valence-electron chi connectivity index (χ4n) is 2.20. The van der Waals surface area contributed by atoms with Crippen LogP contribution in [0, 0.1) is 6.92 Å². The zero-order valence-electron chi connectivity index (χ0n) is 11.5. The highest BCUT2D eigenvalue weighted by atomic mass is 79.9. The molecular formula is C17H14BrNO2. The number of halogens is 1. The highest BCUT2D eigenvalue weighted by Gasteiger charge is 2.06. The SMILES string of the molecule is Cc1ccc2oc(=O)c(NCc3ccccc3Br)cc2c1. The maximum Gasteiger partial charge on any atom is 0.359 e. The third kappa shape index (κ3) is 3.00. The second kappa shape index (κ2) is 5.74. The van der Waals surface area contributed by atoms with Crippen molar-refractivity contribution in [2.75, 3.05) is 5.32 Å². The van der Waals surface area contributed by atoms with Gasteiger partial charge in [0.2, 0.25) is 0 Å². The molecule has 1 heterocycles. The lowest BCUT2D eigenvalue weighted by Crippen LogP contribution is -2.10. The van der Waals surface area contributed by atoms with Crippen molar-refractivity contribution < 1.29 is 4.42 Å². The number of benzene rings is 2. The number of hydrogen-bond acceptors (Lipinski definition) is 3. The number of aryl methyl sites for hydroxylation is 1. The van der Waals surface area contributed by atoms with Crippen LogP contribution in [0.25, 0.3) is 11.0 Å². The van der Waals surface area contributed by atoms with Crippen LogP contribution in [0.5, 0.6) is 0 Å². The molecule has 1 aromatic heterocycles. The van der Waals surface area contributed by atoms with Crippen LogP contribution in [0.1, 0.15) is 11.1 Å². The van der Waals surface area contributed by atoms with Crippen LogP contribution < -0.4 is 10.9 Å². The van der Waals surface area contributed by atoms with Crippen molar-refractivity contribution in [3.8, 4) is 0 Å². The lowest BCUT2D eigenvalue weighted by molar-refractivity contribution is 0.563. The van der Waals surface area contributed by atoms with E-state index in [1.165, 1.54) is 0 Å². The van der Waals surface area contributed by atoms with Gasteiger partial charge in [0.1, 0.15) is 11.3 Å². The largest absolute Gasteiger partial charge is 0.421 e. The summed E-state index contributed by atoms with van der Waals surface area (Å²) in [6.45, 7) is 2.57. The lowest BCUT2D eigenvalue weighted by Gasteiger charge is -2.08. The highest BCUT2D eigenvalue weighted by Crippen LogP contribution is 2.20. The molecule has 3 nitrogen and oxygen atoms in total. The molecule has 0 aliphatic carbocycles. The van der Waals surface area contributed by atoms with Gasteiger partial charge in [-0.2, -0.15) is 0 Å². The monoisotopic (exact) mass is 343 g/mol. The molecule has 0 radical (unpaired) electrons. The molecule has 21 heavy (non-hydrogen) atoms. The molecule has 0 fully saturated rings. The molecule has 0 saturated carbocycles. The van der Waals surface area contributed by atoms with Gasteiger partial charge in [0.05, 0.1) is 0 Å². The Morgan fingerprint density at radius 1 is 1.14 bits per heavy atom. The third-order valence-corrected chi connectivity index (χ3v) is 4.09. The number of nitrogens with one attached hydrogen (secondary N) is 1. The van der Waals surface area contributed by atoms with E-state index in [2.05, 4.69) is 21.2 Å². The molecule has 0 atom stereocenters. The summed E-state index contributed by atoms with van der Waals surface area (Å²) in [7, 11) is 0. The average molecular weight is 344 g/mol. The summed E-state index contributed by atoms with van der Waals surface area (Å²) < 4.78 is 6.35. The van der Waals surface area contributed by atoms with E-state index < -0.39 is 0 Å². The summed E-state index contributed by atoms with van der Waals surface area (Å²) in [6.07, 6.45) is 0. The van der Waals surface area contributed by atoms with Crippen molar-refractivity contribution >= 4 is 32.6 Å². The Morgan fingerprint density at radius 2 is 1.95 bits per heavy atom. The van der Waals surface area contributed by atoms with Gasteiger partial charge in [-0.25, -0.2) is 4.79 Å². The summed E-state index contributed by atoms with van der Waals surface area (Å²) in [5, 5.41) is 4.07. The second-order valence-corrected chi connectivity index (χ2v) is 5.79. The predicted molar refractivity (Wildman–Crippen MR) is 88.7 cm³/mol. The van der Waals surface area contributed by atoms with E-state index in [1.54, 1.807) is 0 Å². The van der Waals surface area contributed by atoms with Crippen LogP contribution in [-0.2, 0) is 6.54 Å². The Kier molecular flexibility index (Phi) is 3.80. The lowest BCUT2D eigenvalue weighted by atomic mass is 10.1. The molecule has 0 spiro atoms. The van der Waals surface area contributed by atoms with Crippen LogP contribution >= 0.6 is 15.9 Å². The Morgan fingerprint density at radius 3 is 2.76 bits per heavy atom. The zero-order valence-corrected chi connectivity index (χ0v) is 13.1. The van der Waals surface area contributed by atoms with Gasteiger partial charge in [-0.15, -0.1) is 0 Å². The summed E-state index contributed by atoms with van der Waals surface area (Å²) >= 11 is 3.50. The van der Waals surface area contributed by atoms with E-state index in [-0.39, 0.29) is 5.63 Å². The van der Waals surface area contributed by atoms with Gasteiger partial charge < -0.3 is 9.73 Å². The van der Waals surface area contributed by atoms with Crippen LogP contribution in [0.4, 0.5) is 5.69 Å². The molecule has 3 rings (SSSR count). The maximum atomic E-state index is 12.0.